The van der Waals surface area contributed by atoms with Crippen LogP contribution < -0.4 is 10.9 Å². The smallest absolute Gasteiger partial charge is 0.408 e. The average Bonchev–Trinajstić information content (AvgIpc) is 3.24. The van der Waals surface area contributed by atoms with Gasteiger partial charge in [-0.1, -0.05) is 43.5 Å². The summed E-state index contributed by atoms with van der Waals surface area (Å²) < 4.78 is 20.7. The van der Waals surface area contributed by atoms with Crippen molar-refractivity contribution in [3.63, 3.8) is 0 Å². The van der Waals surface area contributed by atoms with E-state index in [0.717, 1.165) is 77.7 Å². The second-order valence-corrected chi connectivity index (χ2v) is 19.1. The molecule has 1 aliphatic carbocycles. The molecule has 3 saturated heterocycles. The molecule has 4 fully saturated rings. The van der Waals surface area contributed by atoms with Gasteiger partial charge in [0.1, 0.15) is 17.5 Å². The fourth-order valence-electron chi connectivity index (χ4n) is 10.1. The normalized spacial score (nSPS) is 21.8. The monoisotopic (exact) mass is 857 g/mol. The van der Waals surface area contributed by atoms with Gasteiger partial charge in [0.15, 0.2) is 0 Å². The number of fused-ring (bicyclic) bond motifs is 1. The van der Waals surface area contributed by atoms with Crippen LogP contribution in [0.4, 0.5) is 9.18 Å². The van der Waals surface area contributed by atoms with Crippen LogP contribution in [0.25, 0.3) is 10.8 Å². The molecule has 336 valence electrons. The van der Waals surface area contributed by atoms with E-state index >= 15 is 4.39 Å². The summed E-state index contributed by atoms with van der Waals surface area (Å²) in [4.78, 5) is 76.5. The number of nitrogens with one attached hydrogen (secondary N) is 2. The van der Waals surface area contributed by atoms with Crippen LogP contribution >= 0.6 is 0 Å². The van der Waals surface area contributed by atoms with E-state index in [1.807, 2.05) is 37.8 Å². The van der Waals surface area contributed by atoms with Gasteiger partial charge in [-0.05, 0) is 109 Å². The highest BCUT2D eigenvalue weighted by atomic mass is 19.1. The van der Waals surface area contributed by atoms with E-state index in [-0.39, 0.29) is 40.9 Å². The SMILES string of the molecule is C[C@@H]1CN(CC2CCN(CC(=O)N3CCN(C(=O)c4cc(Cc5n[nH]c(=O)c6ccccc56)ccc4F)CC3)CC2)C[C@H](C)N1C(=O)[C@H](NC(=O)OC(C)(C)C)C1CCCCC1. The number of carbonyl (C=O) groups excluding carboxylic acids is 4. The minimum Gasteiger partial charge on any atom is -0.444 e. The van der Waals surface area contributed by atoms with Gasteiger partial charge in [-0.3, -0.25) is 29.0 Å². The van der Waals surface area contributed by atoms with Crippen LogP contribution in [0, 0.1) is 17.7 Å². The molecule has 3 aromatic rings. The predicted octanol–water partition coefficient (Wildman–Crippen LogP) is 5.04. The lowest BCUT2D eigenvalue weighted by atomic mass is 9.83. The molecule has 62 heavy (non-hydrogen) atoms. The zero-order valence-corrected chi connectivity index (χ0v) is 37.2. The second kappa shape index (κ2) is 19.7. The largest absolute Gasteiger partial charge is 0.444 e. The highest BCUT2D eigenvalue weighted by molar-refractivity contribution is 5.95. The van der Waals surface area contributed by atoms with Gasteiger partial charge in [-0.2, -0.15) is 5.10 Å². The Bertz CT molecular complexity index is 2120. The fraction of sp³-hybridized carbons (Fsp3) is 0.617. The molecule has 0 unspecified atom stereocenters. The zero-order chi connectivity index (χ0) is 44.1. The maximum absolute atomic E-state index is 15.1. The van der Waals surface area contributed by atoms with Crippen LogP contribution in [0.3, 0.4) is 0 Å². The molecule has 4 amide bonds. The number of hydrogen-bond donors (Lipinski definition) is 2. The minimum atomic E-state index is -0.647. The number of benzene rings is 2. The van der Waals surface area contributed by atoms with Crippen molar-refractivity contribution in [1.82, 2.24) is 40.0 Å². The van der Waals surface area contributed by atoms with E-state index in [4.69, 9.17) is 4.74 Å². The molecule has 2 N–H and O–H groups in total. The number of ether oxygens (including phenoxy) is 1. The molecule has 7 rings (SSSR count). The molecule has 3 atom stereocenters. The first-order chi connectivity index (χ1) is 29.6. The summed E-state index contributed by atoms with van der Waals surface area (Å²) in [7, 11) is 0. The number of piperidine rings is 1. The molecule has 1 saturated carbocycles. The quantitative estimate of drug-likeness (QED) is 0.286. The molecule has 15 heteroatoms. The Morgan fingerprint density at radius 2 is 1.50 bits per heavy atom. The third-order valence-corrected chi connectivity index (χ3v) is 13.2. The summed E-state index contributed by atoms with van der Waals surface area (Å²) in [6, 6.07) is 11.1. The van der Waals surface area contributed by atoms with Crippen molar-refractivity contribution in [3.8, 4) is 0 Å². The van der Waals surface area contributed by atoms with E-state index in [1.54, 1.807) is 34.1 Å². The van der Waals surface area contributed by atoms with Crippen molar-refractivity contribution in [2.24, 2.45) is 11.8 Å². The molecule has 3 aliphatic heterocycles. The minimum absolute atomic E-state index is 0.000294. The summed E-state index contributed by atoms with van der Waals surface area (Å²) in [6.07, 6.45) is 6.89. The molecular weight excluding hydrogens is 792 g/mol. The van der Waals surface area contributed by atoms with Crippen LogP contribution in [-0.2, 0) is 20.7 Å². The third kappa shape index (κ3) is 11.0. The standard InChI is InChI=1S/C47H65FN8O6/c1-31-27-53(28-32(2)56(31)45(60)42(35-11-7-6-8-12-35)49-46(61)62-47(3,4)5)29-33-17-19-52(20-18-33)30-41(57)54-21-23-55(24-22-54)44(59)38-25-34(15-16-39(38)48)26-40-36-13-9-10-14-37(36)43(58)51-50-40/h9-10,13-16,25,31-33,35,42H,6-8,11-12,17-24,26-30H2,1-5H3,(H,49,61)(H,51,58)/t31-,32+,42-/m1/s1. The van der Waals surface area contributed by atoms with Crippen LogP contribution in [-0.4, -0.2) is 148 Å². The molecule has 0 radical (unpaired) electrons. The van der Waals surface area contributed by atoms with Crippen molar-refractivity contribution >= 4 is 34.6 Å². The number of alkyl carbamates (subject to hydrolysis) is 1. The number of aromatic nitrogens is 2. The van der Waals surface area contributed by atoms with E-state index in [1.165, 1.54) is 6.07 Å². The highest BCUT2D eigenvalue weighted by Gasteiger charge is 2.41. The zero-order valence-electron chi connectivity index (χ0n) is 37.2. The van der Waals surface area contributed by atoms with Crippen molar-refractivity contribution in [3.05, 3.63) is 75.5 Å². The van der Waals surface area contributed by atoms with Gasteiger partial charge >= 0.3 is 6.09 Å². The second-order valence-electron chi connectivity index (χ2n) is 19.1. The molecule has 2 aromatic carbocycles. The molecule has 4 aliphatic rings. The summed E-state index contributed by atoms with van der Waals surface area (Å²) >= 11 is 0. The number of halogens is 1. The summed E-state index contributed by atoms with van der Waals surface area (Å²) in [5, 5.41) is 11.0. The van der Waals surface area contributed by atoms with Crippen molar-refractivity contribution < 1.29 is 28.3 Å². The van der Waals surface area contributed by atoms with Crippen LogP contribution in [0.2, 0.25) is 0 Å². The number of aromatic amines is 1. The van der Waals surface area contributed by atoms with E-state index < -0.39 is 29.5 Å². The Morgan fingerprint density at radius 1 is 0.855 bits per heavy atom. The molecule has 1 aromatic heterocycles. The van der Waals surface area contributed by atoms with Crippen molar-refractivity contribution in [1.29, 1.82) is 0 Å². The number of hydrogen-bond acceptors (Lipinski definition) is 9. The van der Waals surface area contributed by atoms with Gasteiger partial charge in [-0.25, -0.2) is 14.3 Å². The fourth-order valence-corrected chi connectivity index (χ4v) is 10.1. The van der Waals surface area contributed by atoms with Gasteiger partial charge in [0.2, 0.25) is 11.8 Å². The number of piperazine rings is 2. The lowest BCUT2D eigenvalue weighted by Gasteiger charge is -2.47. The Labute approximate surface area is 364 Å². The Balaban J connectivity index is 0.852. The first-order valence-electron chi connectivity index (χ1n) is 22.7. The van der Waals surface area contributed by atoms with Gasteiger partial charge in [-0.15, -0.1) is 0 Å². The van der Waals surface area contributed by atoms with Gasteiger partial charge < -0.3 is 24.8 Å². The molecule has 14 nitrogen and oxygen atoms in total. The van der Waals surface area contributed by atoms with Crippen LogP contribution in [0.5, 0.6) is 0 Å². The Morgan fingerprint density at radius 3 is 2.16 bits per heavy atom. The predicted molar refractivity (Wildman–Crippen MR) is 235 cm³/mol. The maximum Gasteiger partial charge on any atom is 0.408 e. The number of likely N-dealkylation sites (tertiary alicyclic amines) is 1. The summed E-state index contributed by atoms with van der Waals surface area (Å²) in [5.41, 5.74) is 0.380. The molecule has 0 spiro atoms. The van der Waals surface area contributed by atoms with E-state index in [9.17, 15) is 24.0 Å². The summed E-state index contributed by atoms with van der Waals surface area (Å²) in [5.74, 6) is -0.371. The molecular formula is C47H65FN8O6. The number of carbonyl (C=O) groups is 4. The molecule has 4 heterocycles. The third-order valence-electron chi connectivity index (χ3n) is 13.2. The first kappa shape index (κ1) is 45.1. The van der Waals surface area contributed by atoms with Crippen molar-refractivity contribution in [2.75, 3.05) is 65.4 Å². The average molecular weight is 857 g/mol. The Kier molecular flexibility index (Phi) is 14.3. The molecule has 0 bridgehead atoms. The first-order valence-corrected chi connectivity index (χ1v) is 22.7. The van der Waals surface area contributed by atoms with Crippen LogP contribution in [0.15, 0.2) is 47.3 Å². The van der Waals surface area contributed by atoms with E-state index in [0.29, 0.717) is 67.1 Å². The maximum atomic E-state index is 15.1. The lowest BCUT2D eigenvalue weighted by Crippen LogP contribution is -2.64. The van der Waals surface area contributed by atoms with Gasteiger partial charge in [0.25, 0.3) is 11.5 Å². The number of H-pyrrole nitrogens is 1. The number of amides is 4. The van der Waals surface area contributed by atoms with Crippen molar-refractivity contribution in [2.45, 2.75) is 110 Å². The van der Waals surface area contributed by atoms with Gasteiger partial charge in [0, 0.05) is 69.7 Å². The topological polar surface area (TPSA) is 151 Å². The highest BCUT2D eigenvalue weighted by Crippen LogP contribution is 2.30. The van der Waals surface area contributed by atoms with Crippen LogP contribution in [0.1, 0.15) is 101 Å². The lowest BCUT2D eigenvalue weighted by molar-refractivity contribution is -0.143. The Hall–Kier alpha value is -4.89. The number of rotatable bonds is 10. The van der Waals surface area contributed by atoms with Gasteiger partial charge in [0.05, 0.1) is 23.2 Å². The van der Waals surface area contributed by atoms with E-state index in [2.05, 4.69) is 39.2 Å². The summed E-state index contributed by atoms with van der Waals surface area (Å²) in [6.45, 7) is 15.6. The number of nitrogens with zero attached hydrogens (tertiary/aromatic N) is 6.